The number of carbonyl (C=O) groups excluding carboxylic acids is 1. The Labute approximate surface area is 105 Å². The first-order valence-corrected chi connectivity index (χ1v) is 5.71. The van der Waals surface area contributed by atoms with Gasteiger partial charge in [0.25, 0.3) is 0 Å². The van der Waals surface area contributed by atoms with Crippen molar-refractivity contribution >= 4 is 5.97 Å². The summed E-state index contributed by atoms with van der Waals surface area (Å²) in [6.07, 6.45) is 0. The van der Waals surface area contributed by atoms with E-state index in [0.717, 1.165) is 16.7 Å². The molecule has 0 aromatic heterocycles. The lowest BCUT2D eigenvalue weighted by Gasteiger charge is -1.97. The number of esters is 1. The molecule has 0 unspecified atom stereocenters. The summed E-state index contributed by atoms with van der Waals surface area (Å²) in [7, 11) is 0. The van der Waals surface area contributed by atoms with Gasteiger partial charge in [-0.05, 0) is 24.3 Å². The number of cyclic esters (lactones) is 1. The van der Waals surface area contributed by atoms with E-state index >= 15 is 0 Å². The van der Waals surface area contributed by atoms with E-state index in [1.165, 1.54) is 0 Å². The Bertz CT molecular complexity index is 660. The number of fused-ring (bicyclic) bond motifs is 1. The van der Waals surface area contributed by atoms with E-state index in [4.69, 9.17) is 4.74 Å². The lowest BCUT2D eigenvalue weighted by Crippen LogP contribution is -1.93. The number of rotatable bonds is 0. The van der Waals surface area contributed by atoms with E-state index in [9.17, 15) is 4.79 Å². The Kier molecular flexibility index (Phi) is 2.59. The fourth-order valence-electron chi connectivity index (χ4n) is 1.93. The molecule has 0 saturated heterocycles. The van der Waals surface area contributed by atoms with E-state index in [1.54, 1.807) is 6.07 Å². The predicted octanol–water partition coefficient (Wildman–Crippen LogP) is 2.76. The van der Waals surface area contributed by atoms with Crippen LogP contribution in [0.2, 0.25) is 0 Å². The van der Waals surface area contributed by atoms with Crippen molar-refractivity contribution in [1.82, 2.24) is 0 Å². The molecule has 86 valence electrons. The van der Waals surface area contributed by atoms with Gasteiger partial charge in [-0.3, -0.25) is 0 Å². The standard InChI is InChI=1S/C16H10O2/c17-16-14-8-4-7-13(15(14)11-18-16)10-9-12-5-2-1-3-6-12/h1-8H,11H2. The third-order valence-corrected chi connectivity index (χ3v) is 2.86. The van der Waals surface area contributed by atoms with Crippen molar-refractivity contribution in [3.8, 4) is 11.8 Å². The Hall–Kier alpha value is -2.53. The molecule has 3 rings (SSSR count). The summed E-state index contributed by atoms with van der Waals surface area (Å²) in [5.74, 6) is 5.93. The van der Waals surface area contributed by atoms with Gasteiger partial charge in [0, 0.05) is 16.7 Å². The predicted molar refractivity (Wildman–Crippen MR) is 68.0 cm³/mol. The zero-order valence-corrected chi connectivity index (χ0v) is 9.64. The van der Waals surface area contributed by atoms with Crippen LogP contribution in [-0.2, 0) is 11.3 Å². The second-order valence-corrected chi connectivity index (χ2v) is 4.02. The number of hydrogen-bond acceptors (Lipinski definition) is 2. The van der Waals surface area contributed by atoms with Gasteiger partial charge in [-0.2, -0.15) is 0 Å². The van der Waals surface area contributed by atoms with Gasteiger partial charge in [-0.1, -0.05) is 36.1 Å². The first-order valence-electron chi connectivity index (χ1n) is 5.71. The summed E-state index contributed by atoms with van der Waals surface area (Å²) in [5, 5.41) is 0. The topological polar surface area (TPSA) is 26.3 Å². The van der Waals surface area contributed by atoms with Crippen LogP contribution in [0.1, 0.15) is 27.0 Å². The van der Waals surface area contributed by atoms with Crippen molar-refractivity contribution in [3.63, 3.8) is 0 Å². The van der Waals surface area contributed by atoms with Gasteiger partial charge in [0.2, 0.25) is 0 Å². The van der Waals surface area contributed by atoms with Gasteiger partial charge < -0.3 is 4.74 Å². The molecule has 0 fully saturated rings. The Balaban J connectivity index is 2.01. The lowest BCUT2D eigenvalue weighted by atomic mass is 10.0. The largest absolute Gasteiger partial charge is 0.457 e. The van der Waals surface area contributed by atoms with Crippen LogP contribution in [0.15, 0.2) is 48.5 Å². The molecule has 2 heteroatoms. The minimum absolute atomic E-state index is 0.256. The average molecular weight is 234 g/mol. The molecule has 2 nitrogen and oxygen atoms in total. The van der Waals surface area contributed by atoms with Crippen LogP contribution in [0.25, 0.3) is 0 Å². The smallest absolute Gasteiger partial charge is 0.338 e. The SMILES string of the molecule is O=C1OCc2c(C#Cc3ccccc3)cccc21. The van der Waals surface area contributed by atoms with E-state index in [1.807, 2.05) is 42.5 Å². The van der Waals surface area contributed by atoms with Crippen molar-refractivity contribution in [2.24, 2.45) is 0 Å². The molecule has 1 aliphatic rings. The quantitative estimate of drug-likeness (QED) is 0.517. The average Bonchev–Trinajstić information content (AvgIpc) is 2.80. The number of benzene rings is 2. The van der Waals surface area contributed by atoms with Gasteiger partial charge in [-0.15, -0.1) is 0 Å². The molecular formula is C16H10O2. The zero-order chi connectivity index (χ0) is 12.4. The van der Waals surface area contributed by atoms with Gasteiger partial charge in [0.05, 0.1) is 5.56 Å². The first-order chi connectivity index (χ1) is 8.84. The molecule has 0 atom stereocenters. The minimum Gasteiger partial charge on any atom is -0.457 e. The highest BCUT2D eigenvalue weighted by molar-refractivity contribution is 5.94. The van der Waals surface area contributed by atoms with Gasteiger partial charge in [0.15, 0.2) is 0 Å². The molecular weight excluding hydrogens is 224 g/mol. The van der Waals surface area contributed by atoms with Crippen molar-refractivity contribution in [2.45, 2.75) is 6.61 Å². The molecule has 0 spiro atoms. The van der Waals surface area contributed by atoms with Crippen LogP contribution < -0.4 is 0 Å². The Morgan fingerprint density at radius 1 is 0.944 bits per heavy atom. The van der Waals surface area contributed by atoms with Crippen molar-refractivity contribution < 1.29 is 9.53 Å². The molecule has 1 heterocycles. The molecule has 0 radical (unpaired) electrons. The highest BCUT2D eigenvalue weighted by Crippen LogP contribution is 2.22. The number of ether oxygens (including phenoxy) is 1. The first kappa shape index (κ1) is 10.6. The van der Waals surface area contributed by atoms with Gasteiger partial charge >= 0.3 is 5.97 Å². The van der Waals surface area contributed by atoms with E-state index in [2.05, 4.69) is 11.8 Å². The van der Waals surface area contributed by atoms with Crippen LogP contribution in [0.4, 0.5) is 0 Å². The second-order valence-electron chi connectivity index (χ2n) is 4.02. The lowest BCUT2D eigenvalue weighted by molar-refractivity contribution is 0.0535. The van der Waals surface area contributed by atoms with E-state index in [0.29, 0.717) is 12.2 Å². The monoisotopic (exact) mass is 234 g/mol. The molecule has 2 aromatic rings. The van der Waals surface area contributed by atoms with Crippen molar-refractivity contribution in [1.29, 1.82) is 0 Å². The highest BCUT2D eigenvalue weighted by Gasteiger charge is 2.22. The van der Waals surface area contributed by atoms with E-state index in [-0.39, 0.29) is 5.97 Å². The fraction of sp³-hybridized carbons (Fsp3) is 0.0625. The van der Waals surface area contributed by atoms with Gasteiger partial charge in [-0.25, -0.2) is 4.79 Å². The molecule has 0 N–H and O–H groups in total. The molecule has 0 bridgehead atoms. The minimum atomic E-state index is -0.256. The number of carbonyl (C=O) groups is 1. The maximum atomic E-state index is 11.4. The van der Waals surface area contributed by atoms with Gasteiger partial charge in [0.1, 0.15) is 6.61 Å². The van der Waals surface area contributed by atoms with Crippen LogP contribution in [0.5, 0.6) is 0 Å². The van der Waals surface area contributed by atoms with E-state index < -0.39 is 0 Å². The summed E-state index contributed by atoms with van der Waals surface area (Å²) >= 11 is 0. The Morgan fingerprint density at radius 3 is 2.61 bits per heavy atom. The summed E-state index contributed by atoms with van der Waals surface area (Å²) in [6, 6.07) is 15.3. The van der Waals surface area contributed by atoms with Crippen LogP contribution >= 0.6 is 0 Å². The molecule has 18 heavy (non-hydrogen) atoms. The highest BCUT2D eigenvalue weighted by atomic mass is 16.5. The summed E-state index contributed by atoms with van der Waals surface area (Å²) in [6.45, 7) is 0.327. The molecule has 0 saturated carbocycles. The molecule has 1 aliphatic heterocycles. The molecule has 2 aromatic carbocycles. The van der Waals surface area contributed by atoms with Crippen molar-refractivity contribution in [3.05, 3.63) is 70.8 Å². The maximum Gasteiger partial charge on any atom is 0.338 e. The third kappa shape index (κ3) is 1.87. The van der Waals surface area contributed by atoms with Crippen LogP contribution in [0.3, 0.4) is 0 Å². The van der Waals surface area contributed by atoms with Crippen LogP contribution in [0, 0.1) is 11.8 Å². The maximum absolute atomic E-state index is 11.4. The third-order valence-electron chi connectivity index (χ3n) is 2.86. The van der Waals surface area contributed by atoms with Crippen LogP contribution in [-0.4, -0.2) is 5.97 Å². The molecule has 0 aliphatic carbocycles. The zero-order valence-electron chi connectivity index (χ0n) is 9.64. The number of hydrogen-bond donors (Lipinski definition) is 0. The molecule has 0 amide bonds. The Morgan fingerprint density at radius 2 is 1.78 bits per heavy atom. The van der Waals surface area contributed by atoms with Crippen molar-refractivity contribution in [2.75, 3.05) is 0 Å². The summed E-state index contributed by atoms with van der Waals surface area (Å²) in [5.41, 5.74) is 3.35. The summed E-state index contributed by atoms with van der Waals surface area (Å²) < 4.78 is 5.01. The second kappa shape index (κ2) is 4.38. The summed E-state index contributed by atoms with van der Waals surface area (Å²) in [4.78, 5) is 11.4. The fourth-order valence-corrected chi connectivity index (χ4v) is 1.93. The normalized spacial score (nSPS) is 12.3.